The molecule has 0 amide bonds. The molecule has 9 heteroatoms. The van der Waals surface area contributed by atoms with Crippen molar-refractivity contribution in [2.75, 3.05) is 22.9 Å². The summed E-state index contributed by atoms with van der Waals surface area (Å²) in [5, 5.41) is 0. The molecule has 2 aromatic rings. The lowest BCUT2D eigenvalue weighted by Crippen LogP contribution is -2.69. The normalized spacial score (nSPS) is 22.8. The highest BCUT2D eigenvalue weighted by Gasteiger charge is 2.46. The zero-order valence-electron chi connectivity index (χ0n) is 12.8. The van der Waals surface area contributed by atoms with Crippen LogP contribution in [0.5, 0.6) is 0 Å². The van der Waals surface area contributed by atoms with Crippen LogP contribution >= 0.6 is 0 Å². The maximum atomic E-state index is 14.2. The monoisotopic (exact) mass is 356 g/mol. The number of aromatic nitrogens is 2. The molecule has 0 saturated carbocycles. The number of hydrogen-bond donors (Lipinski definition) is 0. The Balaban J connectivity index is 1.54. The van der Waals surface area contributed by atoms with E-state index < -0.39 is 23.5 Å². The molecule has 0 spiro atoms. The molecule has 2 unspecified atom stereocenters. The molecule has 5 heterocycles. The van der Waals surface area contributed by atoms with Crippen molar-refractivity contribution < 1.29 is 22.0 Å². The second-order valence-corrected chi connectivity index (χ2v) is 6.22. The van der Waals surface area contributed by atoms with E-state index in [9.17, 15) is 22.0 Å². The van der Waals surface area contributed by atoms with Crippen LogP contribution in [0.1, 0.15) is 12.0 Å². The predicted octanol–water partition coefficient (Wildman–Crippen LogP) is 3.24. The van der Waals surface area contributed by atoms with Gasteiger partial charge < -0.3 is 9.80 Å². The molecule has 0 N–H and O–H groups in total. The Morgan fingerprint density at radius 3 is 2.36 bits per heavy atom. The van der Waals surface area contributed by atoms with E-state index >= 15 is 0 Å². The van der Waals surface area contributed by atoms with E-state index in [4.69, 9.17) is 0 Å². The van der Waals surface area contributed by atoms with Crippen molar-refractivity contribution in [1.29, 1.82) is 0 Å². The van der Waals surface area contributed by atoms with Crippen LogP contribution in [0.2, 0.25) is 0 Å². The first-order valence-electron chi connectivity index (χ1n) is 7.70. The second kappa shape index (κ2) is 5.53. The van der Waals surface area contributed by atoms with Crippen molar-refractivity contribution in [3.05, 3.63) is 47.9 Å². The van der Waals surface area contributed by atoms with Gasteiger partial charge in [-0.3, -0.25) is 0 Å². The first-order valence-corrected chi connectivity index (χ1v) is 7.70. The van der Waals surface area contributed by atoms with Crippen LogP contribution in [0.15, 0.2) is 30.6 Å². The number of anilines is 2. The maximum Gasteiger partial charge on any atom is 0.417 e. The van der Waals surface area contributed by atoms with Gasteiger partial charge in [0.05, 0.1) is 17.6 Å². The summed E-state index contributed by atoms with van der Waals surface area (Å²) in [6.07, 6.45) is -1.80. The molecule has 0 aliphatic carbocycles. The van der Waals surface area contributed by atoms with Crippen LogP contribution in [0.4, 0.5) is 33.5 Å². The lowest BCUT2D eigenvalue weighted by molar-refractivity contribution is -0.138. The van der Waals surface area contributed by atoms with Gasteiger partial charge in [0.1, 0.15) is 0 Å². The van der Waals surface area contributed by atoms with E-state index in [-0.39, 0.29) is 17.9 Å². The summed E-state index contributed by atoms with van der Waals surface area (Å²) >= 11 is 0. The summed E-state index contributed by atoms with van der Waals surface area (Å²) < 4.78 is 65.3. The van der Waals surface area contributed by atoms with Gasteiger partial charge in [-0.1, -0.05) is 0 Å². The highest BCUT2D eigenvalue weighted by molar-refractivity contribution is 5.55. The lowest BCUT2D eigenvalue weighted by Gasteiger charge is -2.57. The number of nitrogens with zero attached hydrogens (tertiary/aromatic N) is 4. The summed E-state index contributed by atoms with van der Waals surface area (Å²) in [7, 11) is 0. The number of alkyl halides is 3. The van der Waals surface area contributed by atoms with Gasteiger partial charge in [0, 0.05) is 37.2 Å². The fourth-order valence-corrected chi connectivity index (χ4v) is 3.53. The highest BCUT2D eigenvalue weighted by Crippen LogP contribution is 2.39. The topological polar surface area (TPSA) is 32.3 Å². The highest BCUT2D eigenvalue weighted by atomic mass is 19.4. The van der Waals surface area contributed by atoms with Gasteiger partial charge in [-0.15, -0.1) is 0 Å². The second-order valence-electron chi connectivity index (χ2n) is 6.22. The Hall–Kier alpha value is -2.45. The Bertz CT molecular complexity index is 797. The molecular weight excluding hydrogens is 343 g/mol. The summed E-state index contributed by atoms with van der Waals surface area (Å²) in [5.41, 5.74) is -0.420. The number of fused-ring (bicyclic) bond motifs is 2. The van der Waals surface area contributed by atoms with E-state index in [1.54, 1.807) is 11.0 Å². The lowest BCUT2D eigenvalue weighted by atomic mass is 9.87. The molecule has 132 valence electrons. The van der Waals surface area contributed by atoms with Crippen molar-refractivity contribution in [2.45, 2.75) is 24.7 Å². The van der Waals surface area contributed by atoms with Crippen LogP contribution in [0.25, 0.3) is 0 Å². The minimum atomic E-state index is -4.63. The molecule has 0 radical (unpaired) electrons. The van der Waals surface area contributed by atoms with Crippen molar-refractivity contribution in [2.24, 2.45) is 0 Å². The van der Waals surface area contributed by atoms with Crippen LogP contribution < -0.4 is 9.80 Å². The van der Waals surface area contributed by atoms with E-state index in [1.807, 2.05) is 4.90 Å². The van der Waals surface area contributed by atoms with Crippen LogP contribution in [-0.4, -0.2) is 35.1 Å². The number of piperidine rings is 1. The molecule has 3 saturated heterocycles. The molecule has 0 aromatic carbocycles. The zero-order valence-corrected chi connectivity index (χ0v) is 12.8. The minimum Gasteiger partial charge on any atom is -0.367 e. The number of rotatable bonds is 2. The van der Waals surface area contributed by atoms with Gasteiger partial charge in [0.15, 0.2) is 11.6 Å². The van der Waals surface area contributed by atoms with Gasteiger partial charge in [-0.05, 0) is 18.6 Å². The molecule has 2 atom stereocenters. The number of halogens is 5. The maximum absolute atomic E-state index is 14.2. The van der Waals surface area contributed by atoms with E-state index in [1.165, 1.54) is 12.3 Å². The average molecular weight is 356 g/mol. The van der Waals surface area contributed by atoms with Gasteiger partial charge in [0.25, 0.3) is 0 Å². The molecule has 5 rings (SSSR count). The average Bonchev–Trinajstić information content (AvgIpc) is 2.55. The van der Waals surface area contributed by atoms with Crippen LogP contribution in [0.3, 0.4) is 0 Å². The molecule has 3 aliphatic rings. The summed E-state index contributed by atoms with van der Waals surface area (Å²) in [6, 6.07) is 3.34. The van der Waals surface area contributed by atoms with E-state index in [2.05, 4.69) is 9.97 Å². The third kappa shape index (κ3) is 2.77. The Morgan fingerprint density at radius 1 is 1.04 bits per heavy atom. The first kappa shape index (κ1) is 16.0. The summed E-state index contributed by atoms with van der Waals surface area (Å²) in [6.45, 7) is 1.03. The molecule has 2 aromatic heterocycles. The van der Waals surface area contributed by atoms with Crippen molar-refractivity contribution in [1.82, 2.24) is 9.97 Å². The Labute approximate surface area is 139 Å². The standard InChI is InChI=1S/C16H13F5N4/c17-13-3-9(16(19,20)21)6-23-15(13)25-11-4-12(25)8-24(7-11)10-1-2-22-14(18)5-10/h1-3,5-6,11-12H,4,7-8H2. The quantitative estimate of drug-likeness (QED) is 0.611. The van der Waals surface area contributed by atoms with Crippen molar-refractivity contribution in [3.8, 4) is 0 Å². The number of piperazine rings is 1. The van der Waals surface area contributed by atoms with Gasteiger partial charge in [-0.2, -0.15) is 17.6 Å². The third-order valence-electron chi connectivity index (χ3n) is 4.66. The molecule has 3 aliphatic heterocycles. The van der Waals surface area contributed by atoms with E-state index in [0.717, 1.165) is 6.42 Å². The fraction of sp³-hybridized carbons (Fsp3) is 0.375. The van der Waals surface area contributed by atoms with Gasteiger partial charge in [-0.25, -0.2) is 14.4 Å². The number of pyridine rings is 2. The molecule has 25 heavy (non-hydrogen) atoms. The SMILES string of the molecule is Fc1cc(N2CC3CC(C2)N3c2ncc(C(F)(F)F)cc2F)ccn1. The Kier molecular flexibility index (Phi) is 3.55. The molecule has 2 bridgehead atoms. The zero-order chi connectivity index (χ0) is 17.8. The minimum absolute atomic E-state index is 0.0604. The van der Waals surface area contributed by atoms with Gasteiger partial charge >= 0.3 is 6.18 Å². The van der Waals surface area contributed by atoms with Crippen molar-refractivity contribution in [3.63, 3.8) is 0 Å². The summed E-state index contributed by atoms with van der Waals surface area (Å²) in [5.74, 6) is -1.62. The third-order valence-corrected chi connectivity index (χ3v) is 4.66. The predicted molar refractivity (Wildman–Crippen MR) is 80.3 cm³/mol. The smallest absolute Gasteiger partial charge is 0.367 e. The fourth-order valence-electron chi connectivity index (χ4n) is 3.53. The molecular formula is C16H13F5N4. The molecule has 4 nitrogen and oxygen atoms in total. The largest absolute Gasteiger partial charge is 0.417 e. The first-order chi connectivity index (χ1) is 11.8. The van der Waals surface area contributed by atoms with Crippen molar-refractivity contribution >= 4 is 11.5 Å². The summed E-state index contributed by atoms with van der Waals surface area (Å²) in [4.78, 5) is 10.9. The van der Waals surface area contributed by atoms with Gasteiger partial charge in [0.2, 0.25) is 5.95 Å². The molecule has 3 fully saturated rings. The van der Waals surface area contributed by atoms with Crippen LogP contribution in [-0.2, 0) is 6.18 Å². The van der Waals surface area contributed by atoms with Crippen LogP contribution in [0, 0.1) is 11.8 Å². The van der Waals surface area contributed by atoms with E-state index in [0.29, 0.717) is 31.0 Å². The number of hydrogen-bond acceptors (Lipinski definition) is 4. The Morgan fingerprint density at radius 2 is 1.76 bits per heavy atom.